The van der Waals surface area contributed by atoms with Crippen molar-refractivity contribution >= 4 is 28.9 Å². The highest BCUT2D eigenvalue weighted by Crippen LogP contribution is 2.55. The van der Waals surface area contributed by atoms with Gasteiger partial charge in [-0.25, -0.2) is 0 Å². The van der Waals surface area contributed by atoms with Gasteiger partial charge in [0.15, 0.2) is 5.78 Å². The molecule has 35 heavy (non-hydrogen) atoms. The van der Waals surface area contributed by atoms with Gasteiger partial charge in [0.2, 0.25) is 5.91 Å². The van der Waals surface area contributed by atoms with Crippen LogP contribution in [0.25, 0.3) is 5.57 Å². The molecular weight excluding hydrogens is 438 g/mol. The van der Waals surface area contributed by atoms with E-state index in [9.17, 15) is 19.5 Å². The Kier molecular flexibility index (Phi) is 5.91. The van der Waals surface area contributed by atoms with Gasteiger partial charge >= 0.3 is 5.97 Å². The van der Waals surface area contributed by atoms with E-state index >= 15 is 0 Å². The third-order valence-electron chi connectivity index (χ3n) is 6.97. The maximum Gasteiger partial charge on any atom is 0.308 e. The summed E-state index contributed by atoms with van der Waals surface area (Å²) in [6, 6.07) is 26.5. The minimum Gasteiger partial charge on any atom is -0.481 e. The summed E-state index contributed by atoms with van der Waals surface area (Å²) in [7, 11) is 0. The molecule has 2 aliphatic rings. The molecular formula is C30H25NO4. The molecule has 0 radical (unpaired) electrons. The van der Waals surface area contributed by atoms with Crippen LogP contribution in [-0.4, -0.2) is 22.8 Å². The first-order valence-electron chi connectivity index (χ1n) is 11.6. The zero-order valence-corrected chi connectivity index (χ0v) is 19.2. The quantitative estimate of drug-likeness (QED) is 0.375. The van der Waals surface area contributed by atoms with Crippen molar-refractivity contribution in [3.8, 4) is 0 Å². The molecule has 5 rings (SSSR count). The topological polar surface area (TPSA) is 83.5 Å². The number of carboxylic acid groups (broad SMARTS) is 1. The van der Waals surface area contributed by atoms with E-state index in [1.54, 1.807) is 24.3 Å². The van der Waals surface area contributed by atoms with Gasteiger partial charge in [0, 0.05) is 23.1 Å². The molecule has 5 heteroatoms. The van der Waals surface area contributed by atoms with E-state index in [0.29, 0.717) is 11.3 Å². The van der Waals surface area contributed by atoms with Crippen LogP contribution in [0.15, 0.2) is 103 Å². The standard InChI is InChI=1S/C30H25NO4/c1-18(32)19-12-14-22(15-13-19)31-29(33)27-23-16-17-24(28(27)30(34)35)26(23)25(20-8-4-2-5-9-20)21-10-6-3-7-11-21/h2-17,23-24,27-28H,1H3,(H,31,33)(H,34,35)/t23-,24-,27-,28+/m0/s1. The number of fused-ring (bicyclic) bond motifs is 2. The van der Waals surface area contributed by atoms with Crippen LogP contribution in [0, 0.1) is 23.7 Å². The number of hydrogen-bond acceptors (Lipinski definition) is 3. The highest BCUT2D eigenvalue weighted by atomic mass is 16.4. The summed E-state index contributed by atoms with van der Waals surface area (Å²) >= 11 is 0. The van der Waals surface area contributed by atoms with Crippen LogP contribution in [0.4, 0.5) is 5.69 Å². The first kappa shape index (κ1) is 22.5. The summed E-state index contributed by atoms with van der Waals surface area (Å²) in [5.74, 6) is -3.67. The fraction of sp³-hybridized carbons (Fsp3) is 0.167. The van der Waals surface area contributed by atoms with Crippen LogP contribution < -0.4 is 5.32 Å². The summed E-state index contributed by atoms with van der Waals surface area (Å²) in [5, 5.41) is 13.1. The third kappa shape index (κ3) is 4.10. The fourth-order valence-corrected chi connectivity index (χ4v) is 5.43. The van der Waals surface area contributed by atoms with Crippen molar-refractivity contribution < 1.29 is 19.5 Å². The van der Waals surface area contributed by atoms with Gasteiger partial charge in [0.05, 0.1) is 11.8 Å². The lowest BCUT2D eigenvalue weighted by Crippen LogP contribution is -2.36. The molecule has 0 spiro atoms. The van der Waals surface area contributed by atoms with E-state index in [1.807, 2.05) is 72.8 Å². The van der Waals surface area contributed by atoms with E-state index in [0.717, 1.165) is 22.3 Å². The van der Waals surface area contributed by atoms with E-state index in [-0.39, 0.29) is 23.5 Å². The van der Waals surface area contributed by atoms with Crippen molar-refractivity contribution in [1.29, 1.82) is 0 Å². The van der Waals surface area contributed by atoms with E-state index < -0.39 is 17.8 Å². The maximum absolute atomic E-state index is 13.5. The molecule has 3 aromatic carbocycles. The van der Waals surface area contributed by atoms with Crippen LogP contribution in [0.3, 0.4) is 0 Å². The molecule has 0 unspecified atom stereocenters. The second-order valence-electron chi connectivity index (χ2n) is 9.01. The highest BCUT2D eigenvalue weighted by molar-refractivity contribution is 5.99. The van der Waals surface area contributed by atoms with Crippen LogP contribution in [0.5, 0.6) is 0 Å². The zero-order chi connectivity index (χ0) is 24.5. The molecule has 2 bridgehead atoms. The lowest BCUT2D eigenvalue weighted by atomic mass is 9.82. The van der Waals surface area contributed by atoms with Gasteiger partial charge in [-0.1, -0.05) is 72.8 Å². The Balaban J connectivity index is 1.57. The number of Topliss-reactive ketones (excluding diaryl/α,β-unsaturated/α-hetero) is 1. The van der Waals surface area contributed by atoms with E-state index in [1.165, 1.54) is 6.92 Å². The van der Waals surface area contributed by atoms with Gasteiger partial charge in [-0.15, -0.1) is 0 Å². The molecule has 0 aliphatic heterocycles. The number of aliphatic carboxylic acids is 1. The fourth-order valence-electron chi connectivity index (χ4n) is 5.43. The van der Waals surface area contributed by atoms with E-state index in [2.05, 4.69) is 5.32 Å². The van der Waals surface area contributed by atoms with Crippen LogP contribution in [-0.2, 0) is 9.59 Å². The largest absolute Gasteiger partial charge is 0.481 e. The average Bonchev–Trinajstić information content (AvgIpc) is 3.42. The number of hydrogen-bond donors (Lipinski definition) is 2. The molecule has 5 nitrogen and oxygen atoms in total. The first-order valence-corrected chi connectivity index (χ1v) is 11.6. The predicted molar refractivity (Wildman–Crippen MR) is 135 cm³/mol. The molecule has 0 aromatic heterocycles. The monoisotopic (exact) mass is 463 g/mol. The lowest BCUT2D eigenvalue weighted by Gasteiger charge is -2.23. The molecule has 1 amide bonds. The highest BCUT2D eigenvalue weighted by Gasteiger charge is 2.55. The lowest BCUT2D eigenvalue weighted by molar-refractivity contribution is -0.146. The molecule has 3 aromatic rings. The van der Waals surface area contributed by atoms with Gasteiger partial charge in [-0.2, -0.15) is 0 Å². The summed E-state index contributed by atoms with van der Waals surface area (Å²) < 4.78 is 0. The number of carbonyl (C=O) groups is 3. The predicted octanol–water partition coefficient (Wildman–Crippen LogP) is 5.46. The Morgan fingerprint density at radius 2 is 1.20 bits per heavy atom. The van der Waals surface area contributed by atoms with Gasteiger partial charge in [-0.3, -0.25) is 14.4 Å². The van der Waals surface area contributed by atoms with Gasteiger partial charge in [0.1, 0.15) is 0 Å². The number of benzene rings is 3. The summed E-state index contributed by atoms with van der Waals surface area (Å²) in [5.41, 5.74) is 5.04. The minimum absolute atomic E-state index is 0.0591. The Bertz CT molecular complexity index is 1300. The van der Waals surface area contributed by atoms with Crippen molar-refractivity contribution in [3.63, 3.8) is 0 Å². The summed E-state index contributed by atoms with van der Waals surface area (Å²) in [6.45, 7) is 1.48. The van der Waals surface area contributed by atoms with E-state index in [4.69, 9.17) is 0 Å². The maximum atomic E-state index is 13.5. The molecule has 2 N–H and O–H groups in total. The second-order valence-corrected chi connectivity index (χ2v) is 9.01. The molecule has 1 fully saturated rings. The SMILES string of the molecule is CC(=O)c1ccc(NC(=O)[C@@H]2[C@H](C(=O)O)[C@H]3C=C[C@H]2C3=C(c2ccccc2)c2ccccc2)cc1. The number of rotatable bonds is 6. The Morgan fingerprint density at radius 3 is 1.69 bits per heavy atom. The molecule has 0 saturated heterocycles. The first-order chi connectivity index (χ1) is 17.0. The number of carboxylic acids is 1. The number of carbonyl (C=O) groups excluding carboxylic acids is 2. The Morgan fingerprint density at radius 1 is 0.686 bits per heavy atom. The molecule has 4 atom stereocenters. The van der Waals surface area contributed by atoms with Gasteiger partial charge in [0.25, 0.3) is 0 Å². The van der Waals surface area contributed by atoms with Crippen molar-refractivity contribution in [1.82, 2.24) is 0 Å². The van der Waals surface area contributed by atoms with Crippen molar-refractivity contribution in [3.05, 3.63) is 119 Å². The van der Waals surface area contributed by atoms with Gasteiger partial charge < -0.3 is 10.4 Å². The Labute approximate surface area is 203 Å². The smallest absolute Gasteiger partial charge is 0.308 e. The van der Waals surface area contributed by atoms with Crippen molar-refractivity contribution in [2.24, 2.45) is 23.7 Å². The van der Waals surface area contributed by atoms with Gasteiger partial charge in [-0.05, 0) is 53.5 Å². The van der Waals surface area contributed by atoms with Crippen LogP contribution >= 0.6 is 0 Å². The van der Waals surface area contributed by atoms with Crippen molar-refractivity contribution in [2.45, 2.75) is 6.92 Å². The molecule has 1 saturated carbocycles. The zero-order valence-electron chi connectivity index (χ0n) is 19.2. The average molecular weight is 464 g/mol. The van der Waals surface area contributed by atoms with Crippen molar-refractivity contribution in [2.75, 3.05) is 5.32 Å². The third-order valence-corrected chi connectivity index (χ3v) is 6.97. The molecule has 2 aliphatic carbocycles. The number of ketones is 1. The number of amides is 1. The second kappa shape index (κ2) is 9.18. The minimum atomic E-state index is -0.980. The summed E-state index contributed by atoms with van der Waals surface area (Å²) in [6.07, 6.45) is 3.92. The molecule has 174 valence electrons. The number of allylic oxidation sites excluding steroid dienone is 3. The summed E-state index contributed by atoms with van der Waals surface area (Å²) in [4.78, 5) is 37.5. The number of nitrogens with one attached hydrogen (secondary N) is 1. The number of anilines is 1. The normalized spacial score (nSPS) is 22.1. The molecule has 0 heterocycles. The Hall–Kier alpha value is -4.25. The van der Waals surface area contributed by atoms with Crippen LogP contribution in [0.2, 0.25) is 0 Å². The van der Waals surface area contributed by atoms with Crippen LogP contribution in [0.1, 0.15) is 28.4 Å².